The molecule has 0 radical (unpaired) electrons. The Hall–Kier alpha value is -3.45. The lowest BCUT2D eigenvalue weighted by Crippen LogP contribution is -2.32. The Morgan fingerprint density at radius 3 is 2.52 bits per heavy atom. The summed E-state index contributed by atoms with van der Waals surface area (Å²) in [5, 5.41) is 3.41. The Balaban J connectivity index is 1.63. The van der Waals surface area contributed by atoms with Crippen LogP contribution in [0.15, 0.2) is 71.7 Å². The lowest BCUT2D eigenvalue weighted by atomic mass is 10.2. The number of rotatable bonds is 5. The van der Waals surface area contributed by atoms with Gasteiger partial charge in [-0.2, -0.15) is 0 Å². The quantitative estimate of drug-likeness (QED) is 0.549. The van der Waals surface area contributed by atoms with Gasteiger partial charge in [0.15, 0.2) is 5.65 Å². The van der Waals surface area contributed by atoms with Crippen LogP contribution in [0.2, 0.25) is 5.02 Å². The highest BCUT2D eigenvalue weighted by Crippen LogP contribution is 2.16. The first kappa shape index (κ1) is 18.9. The van der Waals surface area contributed by atoms with Gasteiger partial charge in [0.1, 0.15) is 12.4 Å². The second kappa shape index (κ2) is 7.89. The first-order valence-electron chi connectivity index (χ1n) is 8.86. The molecule has 8 heteroatoms. The van der Waals surface area contributed by atoms with Crippen LogP contribution in [-0.4, -0.2) is 20.0 Å². The van der Waals surface area contributed by atoms with Crippen LogP contribution < -0.4 is 11.0 Å². The van der Waals surface area contributed by atoms with Crippen LogP contribution >= 0.6 is 11.6 Å². The summed E-state index contributed by atoms with van der Waals surface area (Å²) in [6.07, 6.45) is 1.56. The molecule has 6 nitrogen and oxygen atoms in total. The van der Waals surface area contributed by atoms with Crippen LogP contribution in [0, 0.1) is 5.82 Å². The van der Waals surface area contributed by atoms with Gasteiger partial charge in [0.2, 0.25) is 5.91 Å². The molecule has 29 heavy (non-hydrogen) atoms. The molecular weight excluding hydrogens is 395 g/mol. The molecule has 2 aromatic heterocycles. The molecule has 0 unspecified atom stereocenters. The molecule has 0 spiro atoms. The number of nitrogens with one attached hydrogen (secondary N) is 1. The Morgan fingerprint density at radius 2 is 1.79 bits per heavy atom. The summed E-state index contributed by atoms with van der Waals surface area (Å²) in [6.45, 7) is 0.155. The first-order chi connectivity index (χ1) is 14.0. The number of nitrogens with zero attached hydrogens (tertiary/aromatic N) is 3. The van der Waals surface area contributed by atoms with Gasteiger partial charge in [0, 0.05) is 17.8 Å². The van der Waals surface area contributed by atoms with E-state index in [1.165, 1.54) is 33.4 Å². The normalized spacial score (nSPS) is 11.0. The van der Waals surface area contributed by atoms with Gasteiger partial charge in [0.05, 0.1) is 11.2 Å². The van der Waals surface area contributed by atoms with E-state index >= 15 is 0 Å². The van der Waals surface area contributed by atoms with Gasteiger partial charge >= 0.3 is 5.69 Å². The Morgan fingerprint density at radius 1 is 1.07 bits per heavy atom. The lowest BCUT2D eigenvalue weighted by molar-refractivity contribution is -0.121. The maximum Gasteiger partial charge on any atom is 0.335 e. The molecule has 2 aromatic carbocycles. The second-order valence-corrected chi connectivity index (χ2v) is 6.87. The number of halogens is 2. The van der Waals surface area contributed by atoms with Crippen LogP contribution in [0.25, 0.3) is 16.9 Å². The summed E-state index contributed by atoms with van der Waals surface area (Å²) in [5.74, 6) is -0.718. The van der Waals surface area contributed by atoms with Gasteiger partial charge in [-0.3, -0.25) is 9.36 Å². The maximum atomic E-state index is 13.3. The fourth-order valence-corrected chi connectivity index (χ4v) is 3.19. The third-order valence-electron chi connectivity index (χ3n) is 4.48. The molecule has 0 atom stereocenters. The van der Waals surface area contributed by atoms with E-state index in [1.54, 1.807) is 30.5 Å². The third-order valence-corrected chi connectivity index (χ3v) is 4.73. The van der Waals surface area contributed by atoms with Crippen molar-refractivity contribution < 1.29 is 9.18 Å². The number of imidazole rings is 1. The Bertz CT molecular complexity index is 1230. The van der Waals surface area contributed by atoms with Gasteiger partial charge in [-0.1, -0.05) is 23.7 Å². The van der Waals surface area contributed by atoms with Gasteiger partial charge in [-0.25, -0.2) is 18.7 Å². The molecule has 0 bridgehead atoms. The topological polar surface area (TPSA) is 68.9 Å². The van der Waals surface area contributed by atoms with Crippen molar-refractivity contribution >= 4 is 28.7 Å². The summed E-state index contributed by atoms with van der Waals surface area (Å²) in [7, 11) is 0. The molecule has 2 heterocycles. The van der Waals surface area contributed by atoms with E-state index in [2.05, 4.69) is 10.3 Å². The average molecular weight is 411 g/mol. The summed E-state index contributed by atoms with van der Waals surface area (Å²) in [4.78, 5) is 29.8. The van der Waals surface area contributed by atoms with Crippen molar-refractivity contribution in [3.05, 3.63) is 93.7 Å². The number of pyridine rings is 1. The smallest absolute Gasteiger partial charge is 0.335 e. The first-order valence-corrected chi connectivity index (χ1v) is 9.24. The van der Waals surface area contributed by atoms with Crippen molar-refractivity contribution in [2.24, 2.45) is 0 Å². The van der Waals surface area contributed by atoms with Gasteiger partial charge in [0.25, 0.3) is 0 Å². The number of aromatic nitrogens is 3. The predicted octanol–water partition coefficient (Wildman–Crippen LogP) is 3.30. The third kappa shape index (κ3) is 3.90. The zero-order valence-electron chi connectivity index (χ0n) is 15.2. The fraction of sp³-hybridized carbons (Fsp3) is 0.0952. The zero-order chi connectivity index (χ0) is 20.4. The highest BCUT2D eigenvalue weighted by Gasteiger charge is 2.17. The predicted molar refractivity (Wildman–Crippen MR) is 109 cm³/mol. The van der Waals surface area contributed by atoms with Crippen molar-refractivity contribution in [3.8, 4) is 5.69 Å². The molecule has 146 valence electrons. The number of amides is 1. The monoisotopic (exact) mass is 410 g/mol. The molecule has 0 aliphatic heterocycles. The average Bonchev–Trinajstić information content (AvgIpc) is 3.00. The van der Waals surface area contributed by atoms with E-state index in [9.17, 15) is 14.0 Å². The minimum Gasteiger partial charge on any atom is -0.350 e. The molecule has 1 N–H and O–H groups in total. The Kier molecular flexibility index (Phi) is 5.14. The fourth-order valence-electron chi connectivity index (χ4n) is 3.06. The molecule has 0 saturated carbocycles. The SMILES string of the molecule is O=C(Cn1c(=O)n(-c2ccc(F)cc2)c2ncccc21)NCc1ccc(Cl)cc1. The van der Waals surface area contributed by atoms with E-state index in [4.69, 9.17) is 11.6 Å². The van der Waals surface area contributed by atoms with Gasteiger partial charge in [-0.05, 0) is 54.1 Å². The van der Waals surface area contributed by atoms with Gasteiger partial charge < -0.3 is 5.32 Å². The molecule has 4 rings (SSSR count). The van der Waals surface area contributed by atoms with Crippen molar-refractivity contribution in [2.75, 3.05) is 0 Å². The molecular formula is C21H16ClFN4O2. The number of hydrogen-bond acceptors (Lipinski definition) is 3. The summed E-state index contributed by atoms with van der Waals surface area (Å²) in [5.41, 5.74) is 1.86. The molecule has 1 amide bonds. The second-order valence-electron chi connectivity index (χ2n) is 6.43. The molecule has 0 fully saturated rings. The molecule has 0 aliphatic rings. The largest absolute Gasteiger partial charge is 0.350 e. The Labute approximate surface area is 170 Å². The van der Waals surface area contributed by atoms with Crippen LogP contribution in [-0.2, 0) is 17.9 Å². The minimum absolute atomic E-state index is 0.164. The number of hydrogen-bond donors (Lipinski definition) is 1. The van der Waals surface area contributed by atoms with Crippen LogP contribution in [0.5, 0.6) is 0 Å². The number of fused-ring (bicyclic) bond motifs is 1. The van der Waals surface area contributed by atoms with Crippen molar-refractivity contribution in [1.29, 1.82) is 0 Å². The summed E-state index contributed by atoms with van der Waals surface area (Å²) >= 11 is 5.86. The minimum atomic E-state index is -0.424. The van der Waals surface area contributed by atoms with Crippen LogP contribution in [0.3, 0.4) is 0 Å². The number of carbonyl (C=O) groups excluding carboxylic acids is 1. The maximum absolute atomic E-state index is 13.3. The highest BCUT2D eigenvalue weighted by atomic mass is 35.5. The van der Waals surface area contributed by atoms with Crippen molar-refractivity contribution in [1.82, 2.24) is 19.4 Å². The van der Waals surface area contributed by atoms with Crippen molar-refractivity contribution in [2.45, 2.75) is 13.1 Å². The summed E-state index contributed by atoms with van der Waals surface area (Å²) < 4.78 is 16.0. The van der Waals surface area contributed by atoms with E-state index in [0.29, 0.717) is 28.4 Å². The zero-order valence-corrected chi connectivity index (χ0v) is 15.9. The standard InChI is InChI=1S/C21H16ClFN4O2/c22-15-5-3-14(4-6-15)12-25-19(28)13-26-18-2-1-11-24-20(18)27(21(26)29)17-9-7-16(23)8-10-17/h1-11H,12-13H2,(H,25,28). The van der Waals surface area contributed by atoms with E-state index < -0.39 is 11.5 Å². The van der Waals surface area contributed by atoms with E-state index in [1.807, 2.05) is 12.1 Å². The summed E-state index contributed by atoms with van der Waals surface area (Å²) in [6, 6.07) is 16.1. The van der Waals surface area contributed by atoms with E-state index in [-0.39, 0.29) is 12.5 Å². The molecule has 0 saturated heterocycles. The molecule has 0 aliphatic carbocycles. The number of carbonyl (C=O) groups is 1. The van der Waals surface area contributed by atoms with Crippen LogP contribution in [0.1, 0.15) is 5.56 Å². The molecule has 4 aromatic rings. The van der Waals surface area contributed by atoms with Gasteiger partial charge in [-0.15, -0.1) is 0 Å². The number of benzene rings is 2. The van der Waals surface area contributed by atoms with E-state index in [0.717, 1.165) is 5.56 Å². The van der Waals surface area contributed by atoms with Crippen LogP contribution in [0.4, 0.5) is 4.39 Å². The van der Waals surface area contributed by atoms with Crippen molar-refractivity contribution in [3.63, 3.8) is 0 Å². The lowest BCUT2D eigenvalue weighted by Gasteiger charge is -2.06. The highest BCUT2D eigenvalue weighted by molar-refractivity contribution is 6.30.